The molecule has 2 aromatic rings. The Balaban J connectivity index is 1.83. The van der Waals surface area contributed by atoms with Gasteiger partial charge in [0.15, 0.2) is 0 Å². The first-order valence-corrected chi connectivity index (χ1v) is 9.12. The predicted molar refractivity (Wildman–Crippen MR) is 99.6 cm³/mol. The van der Waals surface area contributed by atoms with Gasteiger partial charge in [-0.2, -0.15) is 5.26 Å². The van der Waals surface area contributed by atoms with Gasteiger partial charge in [-0.05, 0) is 30.9 Å². The molecule has 3 rings (SSSR count). The fraction of sp³-hybridized carbons (Fsp3) is 0.400. The number of nitrogens with zero attached hydrogens (tertiary/aromatic N) is 3. The second-order valence-electron chi connectivity index (χ2n) is 6.50. The monoisotopic (exact) mass is 355 g/mol. The van der Waals surface area contributed by atoms with Crippen molar-refractivity contribution in [3.8, 4) is 6.07 Å². The highest BCUT2D eigenvalue weighted by Crippen LogP contribution is 2.33. The second-order valence-corrected chi connectivity index (χ2v) is 6.91. The average molecular weight is 356 g/mol. The van der Waals surface area contributed by atoms with Crippen molar-refractivity contribution in [2.45, 2.75) is 44.2 Å². The Labute approximate surface area is 153 Å². The third-order valence-electron chi connectivity index (χ3n) is 4.78. The molecule has 1 fully saturated rings. The lowest BCUT2D eigenvalue weighted by Crippen LogP contribution is -2.37. The zero-order chi connectivity index (χ0) is 17.6. The number of aromatic nitrogens is 1. The first kappa shape index (κ1) is 17.7. The molecule has 0 aliphatic carbocycles. The Morgan fingerprint density at radius 3 is 2.80 bits per heavy atom. The molecule has 0 spiro atoms. The van der Waals surface area contributed by atoms with E-state index in [4.69, 9.17) is 16.9 Å². The fourth-order valence-corrected chi connectivity index (χ4v) is 3.75. The molecule has 130 valence electrons. The molecular weight excluding hydrogens is 334 g/mol. The molecule has 0 amide bonds. The first-order chi connectivity index (χ1) is 12.2. The number of hydrogen-bond donors (Lipinski definition) is 1. The number of benzene rings is 1. The number of aliphatic hydroxyl groups excluding tert-OH is 1. The lowest BCUT2D eigenvalue weighted by molar-refractivity contribution is 0.155. The van der Waals surface area contributed by atoms with Crippen molar-refractivity contribution in [3.05, 3.63) is 58.7 Å². The van der Waals surface area contributed by atoms with Crippen LogP contribution in [0, 0.1) is 11.3 Å². The van der Waals surface area contributed by atoms with Gasteiger partial charge in [0, 0.05) is 18.8 Å². The standard InChI is InChI=1S/C20H22ClN3O/c21-18-11-15(13-22)14-23-20(18)24-10-6-2-5-9-17(24)12-19(25)16-7-3-1-4-8-16/h1,3-4,7-8,11,14,17,19,25H,2,5-6,9-10,12H2/t17-,19+/m0/s1. The minimum Gasteiger partial charge on any atom is -0.388 e. The maximum absolute atomic E-state index is 10.7. The van der Waals surface area contributed by atoms with Crippen molar-refractivity contribution in [1.29, 1.82) is 5.26 Å². The van der Waals surface area contributed by atoms with E-state index in [0.29, 0.717) is 22.8 Å². The smallest absolute Gasteiger partial charge is 0.147 e. The summed E-state index contributed by atoms with van der Waals surface area (Å²) in [5, 5.41) is 20.2. The van der Waals surface area contributed by atoms with Crippen LogP contribution in [0.3, 0.4) is 0 Å². The SMILES string of the molecule is N#Cc1cnc(N2CCCCC[C@H]2C[C@@H](O)c2ccccc2)c(Cl)c1. The summed E-state index contributed by atoms with van der Waals surface area (Å²) in [4.78, 5) is 6.65. The van der Waals surface area contributed by atoms with Crippen molar-refractivity contribution in [2.24, 2.45) is 0 Å². The van der Waals surface area contributed by atoms with Crippen molar-refractivity contribution in [2.75, 3.05) is 11.4 Å². The van der Waals surface area contributed by atoms with E-state index in [-0.39, 0.29) is 6.04 Å². The van der Waals surface area contributed by atoms with E-state index in [0.717, 1.165) is 31.4 Å². The Morgan fingerprint density at radius 1 is 1.28 bits per heavy atom. The van der Waals surface area contributed by atoms with Crippen LogP contribution in [0.15, 0.2) is 42.6 Å². The van der Waals surface area contributed by atoms with Crippen LogP contribution in [-0.2, 0) is 0 Å². The van der Waals surface area contributed by atoms with Crippen LogP contribution in [0.25, 0.3) is 0 Å². The van der Waals surface area contributed by atoms with Gasteiger partial charge in [-0.15, -0.1) is 0 Å². The lowest BCUT2D eigenvalue weighted by atomic mass is 9.98. The summed E-state index contributed by atoms with van der Waals surface area (Å²) in [7, 11) is 0. The first-order valence-electron chi connectivity index (χ1n) is 8.74. The van der Waals surface area contributed by atoms with Gasteiger partial charge in [0.25, 0.3) is 0 Å². The average Bonchev–Trinajstić information content (AvgIpc) is 2.87. The predicted octanol–water partition coefficient (Wildman–Crippen LogP) is 4.48. The molecule has 2 atom stereocenters. The van der Waals surface area contributed by atoms with Crippen LogP contribution in [0.4, 0.5) is 5.82 Å². The summed E-state index contributed by atoms with van der Waals surface area (Å²) in [5.74, 6) is 0.716. The number of pyridine rings is 1. The molecule has 5 heteroatoms. The Hall–Kier alpha value is -2.09. The maximum atomic E-state index is 10.7. The summed E-state index contributed by atoms with van der Waals surface area (Å²) < 4.78 is 0. The molecule has 1 N–H and O–H groups in total. The van der Waals surface area contributed by atoms with Crippen LogP contribution in [-0.4, -0.2) is 22.7 Å². The molecule has 1 aromatic carbocycles. The number of nitriles is 1. The van der Waals surface area contributed by atoms with Crippen LogP contribution in [0.1, 0.15) is 49.3 Å². The van der Waals surface area contributed by atoms with Gasteiger partial charge in [0.05, 0.1) is 16.7 Å². The number of halogens is 1. The van der Waals surface area contributed by atoms with E-state index in [2.05, 4.69) is 16.0 Å². The highest BCUT2D eigenvalue weighted by Gasteiger charge is 2.26. The Bertz CT molecular complexity index is 744. The minimum atomic E-state index is -0.510. The summed E-state index contributed by atoms with van der Waals surface area (Å²) in [6.45, 7) is 0.866. The number of hydrogen-bond acceptors (Lipinski definition) is 4. The Kier molecular flexibility index (Phi) is 5.91. The summed E-state index contributed by atoms with van der Waals surface area (Å²) in [5.41, 5.74) is 1.40. The van der Waals surface area contributed by atoms with E-state index in [1.807, 2.05) is 30.3 Å². The molecule has 1 saturated heterocycles. The van der Waals surface area contributed by atoms with Crippen LogP contribution < -0.4 is 4.90 Å². The van der Waals surface area contributed by atoms with Gasteiger partial charge < -0.3 is 10.0 Å². The van der Waals surface area contributed by atoms with E-state index in [1.165, 1.54) is 6.42 Å². The highest BCUT2D eigenvalue weighted by atomic mass is 35.5. The molecule has 4 nitrogen and oxygen atoms in total. The second kappa shape index (κ2) is 8.33. The van der Waals surface area contributed by atoms with Gasteiger partial charge in [-0.3, -0.25) is 0 Å². The van der Waals surface area contributed by atoms with Gasteiger partial charge in [-0.25, -0.2) is 4.98 Å². The molecular formula is C20H22ClN3O. The summed E-state index contributed by atoms with van der Waals surface area (Å²) in [6, 6.07) is 13.7. The topological polar surface area (TPSA) is 60.2 Å². The molecule has 25 heavy (non-hydrogen) atoms. The van der Waals surface area contributed by atoms with E-state index < -0.39 is 6.10 Å². The quantitative estimate of drug-likeness (QED) is 0.878. The van der Waals surface area contributed by atoms with Gasteiger partial charge >= 0.3 is 0 Å². The van der Waals surface area contributed by atoms with Crippen molar-refractivity contribution >= 4 is 17.4 Å². The van der Waals surface area contributed by atoms with Crippen molar-refractivity contribution in [1.82, 2.24) is 4.98 Å². The van der Waals surface area contributed by atoms with Crippen molar-refractivity contribution in [3.63, 3.8) is 0 Å². The normalized spacial score (nSPS) is 19.1. The number of anilines is 1. The molecule has 0 bridgehead atoms. The Morgan fingerprint density at radius 2 is 2.08 bits per heavy atom. The van der Waals surface area contributed by atoms with Gasteiger partial charge in [0.2, 0.25) is 0 Å². The number of aliphatic hydroxyl groups is 1. The van der Waals surface area contributed by atoms with Crippen molar-refractivity contribution < 1.29 is 5.11 Å². The molecule has 0 unspecified atom stereocenters. The fourth-order valence-electron chi connectivity index (χ4n) is 3.47. The maximum Gasteiger partial charge on any atom is 0.147 e. The van der Waals surface area contributed by atoms with Gasteiger partial charge in [-0.1, -0.05) is 54.8 Å². The van der Waals surface area contributed by atoms with Crippen LogP contribution in [0.5, 0.6) is 0 Å². The van der Waals surface area contributed by atoms with Crippen LogP contribution >= 0.6 is 11.6 Å². The van der Waals surface area contributed by atoms with Crippen LogP contribution in [0.2, 0.25) is 5.02 Å². The van der Waals surface area contributed by atoms with E-state index in [9.17, 15) is 5.11 Å². The molecule has 0 saturated carbocycles. The molecule has 1 aliphatic rings. The molecule has 0 radical (unpaired) electrons. The molecule has 1 aromatic heterocycles. The third kappa shape index (κ3) is 4.31. The molecule has 1 aliphatic heterocycles. The number of rotatable bonds is 4. The third-order valence-corrected chi connectivity index (χ3v) is 5.06. The summed E-state index contributed by atoms with van der Waals surface area (Å²) in [6.07, 6.45) is 6.08. The summed E-state index contributed by atoms with van der Waals surface area (Å²) >= 11 is 6.40. The minimum absolute atomic E-state index is 0.177. The lowest BCUT2D eigenvalue weighted by Gasteiger charge is -2.33. The highest BCUT2D eigenvalue weighted by molar-refractivity contribution is 6.33. The largest absolute Gasteiger partial charge is 0.388 e. The molecule has 2 heterocycles. The van der Waals surface area contributed by atoms with Gasteiger partial charge in [0.1, 0.15) is 11.9 Å². The van der Waals surface area contributed by atoms with E-state index in [1.54, 1.807) is 12.3 Å². The van der Waals surface area contributed by atoms with E-state index >= 15 is 0 Å². The zero-order valence-electron chi connectivity index (χ0n) is 14.1. The zero-order valence-corrected chi connectivity index (χ0v) is 14.9.